The van der Waals surface area contributed by atoms with Crippen LogP contribution in [0.25, 0.3) is 0 Å². The third kappa shape index (κ3) is 5.64. The molecule has 4 nitrogen and oxygen atoms in total. The Bertz CT molecular complexity index is 321. The fourth-order valence-corrected chi connectivity index (χ4v) is 9.15. The topological polar surface area (TPSA) is 13.0 Å². The Labute approximate surface area is 154 Å². The molecule has 144 valence electrons. The van der Waals surface area contributed by atoms with Gasteiger partial charge in [-0.2, -0.15) is 0 Å². The lowest BCUT2D eigenvalue weighted by molar-refractivity contribution is 0.406. The summed E-state index contributed by atoms with van der Waals surface area (Å²) in [4.78, 5) is 0. The van der Waals surface area contributed by atoms with Crippen molar-refractivity contribution in [2.75, 3.05) is 53.4 Å². The quantitative estimate of drug-likeness (QED) is 0.662. The number of hydrogen-bond acceptors (Lipinski definition) is 4. The summed E-state index contributed by atoms with van der Waals surface area (Å²) in [6.07, 6.45) is 5.74. The first kappa shape index (κ1) is 22.3. The van der Waals surface area contributed by atoms with E-state index < -0.39 is 16.8 Å². The molecule has 0 aliphatic carbocycles. The van der Waals surface area contributed by atoms with Crippen LogP contribution in [0, 0.1) is 0 Å². The fourth-order valence-electron chi connectivity index (χ4n) is 3.79. The molecule has 0 N–H and O–H groups in total. The van der Waals surface area contributed by atoms with Crippen LogP contribution in [-0.4, -0.2) is 88.4 Å². The Morgan fingerprint density at radius 2 is 0.958 bits per heavy atom. The van der Waals surface area contributed by atoms with E-state index in [2.05, 4.69) is 72.4 Å². The van der Waals surface area contributed by atoms with Gasteiger partial charge in [0, 0.05) is 0 Å². The van der Waals surface area contributed by atoms with Crippen LogP contribution >= 0.6 is 0 Å². The average Bonchev–Trinajstić information content (AvgIpc) is 3.26. The predicted octanol–water partition coefficient (Wildman–Crippen LogP) is 3.47. The summed E-state index contributed by atoms with van der Waals surface area (Å²) in [5.41, 5.74) is 0. The Hall–Kier alpha value is 0.274. The number of nitrogens with zero attached hydrogens (tertiary/aromatic N) is 4. The highest BCUT2D eigenvalue weighted by Crippen LogP contribution is 2.24. The Morgan fingerprint density at radius 3 is 1.21 bits per heavy atom. The lowest BCUT2D eigenvalue weighted by atomic mass is 10.4. The van der Waals surface area contributed by atoms with Crippen molar-refractivity contribution < 1.29 is 0 Å². The van der Waals surface area contributed by atoms with Crippen molar-refractivity contribution in [1.29, 1.82) is 0 Å². The minimum Gasteiger partial charge on any atom is -0.315 e. The molecule has 0 bridgehead atoms. The van der Waals surface area contributed by atoms with Crippen molar-refractivity contribution in [1.82, 2.24) is 18.3 Å². The first-order valence-corrected chi connectivity index (χ1v) is 15.9. The van der Waals surface area contributed by atoms with Crippen molar-refractivity contribution in [3.05, 3.63) is 0 Å². The molecule has 2 aliphatic rings. The van der Waals surface area contributed by atoms with Crippen molar-refractivity contribution in [2.45, 2.75) is 65.7 Å². The van der Waals surface area contributed by atoms with Gasteiger partial charge < -0.3 is 18.3 Å². The summed E-state index contributed by atoms with van der Waals surface area (Å²) < 4.78 is 10.5. The second kappa shape index (κ2) is 9.83. The van der Waals surface area contributed by atoms with E-state index in [0.29, 0.717) is 0 Å². The lowest BCUT2D eigenvalue weighted by Gasteiger charge is -2.40. The molecule has 2 saturated heterocycles. The van der Waals surface area contributed by atoms with Gasteiger partial charge in [0.25, 0.3) is 0 Å². The maximum Gasteiger partial charge on any atom is 0.200 e. The summed E-state index contributed by atoms with van der Waals surface area (Å²) in [5.74, 6) is 0. The second-order valence-electron chi connectivity index (χ2n) is 8.41. The molecule has 0 atom stereocenters. The molecular weight excluding hydrogens is 328 g/mol. The molecule has 6 heteroatoms. The Kier molecular flexibility index (Phi) is 9.14. The van der Waals surface area contributed by atoms with Gasteiger partial charge in [-0.25, -0.2) is 0 Å². The maximum atomic E-state index is 2.79. The monoisotopic (exact) mass is 372 g/mol. The van der Waals surface area contributed by atoms with Crippen molar-refractivity contribution in [3.63, 3.8) is 0 Å². The molecule has 0 spiro atoms. The van der Waals surface area contributed by atoms with Crippen molar-refractivity contribution in [3.8, 4) is 0 Å². The molecular formula is C18H44N4Si2. The van der Waals surface area contributed by atoms with Gasteiger partial charge in [0.15, 0.2) is 16.8 Å². The zero-order chi connectivity index (χ0) is 18.4. The van der Waals surface area contributed by atoms with E-state index in [4.69, 9.17) is 0 Å². The van der Waals surface area contributed by atoms with Gasteiger partial charge in [0.05, 0.1) is 0 Å². The van der Waals surface area contributed by atoms with Crippen LogP contribution in [0.4, 0.5) is 0 Å². The van der Waals surface area contributed by atoms with Gasteiger partial charge in [0.2, 0.25) is 0 Å². The first-order valence-electron chi connectivity index (χ1n) is 10.1. The summed E-state index contributed by atoms with van der Waals surface area (Å²) in [7, 11) is 2.03. The van der Waals surface area contributed by atoms with Crippen LogP contribution in [0.3, 0.4) is 0 Å². The van der Waals surface area contributed by atoms with Crippen LogP contribution in [-0.2, 0) is 0 Å². The number of rotatable bonds is 6. The molecule has 0 aromatic rings. The van der Waals surface area contributed by atoms with E-state index in [1.54, 1.807) is 0 Å². The van der Waals surface area contributed by atoms with Crippen molar-refractivity contribution >= 4 is 16.8 Å². The third-order valence-corrected chi connectivity index (χ3v) is 14.9. The highest BCUT2D eigenvalue weighted by molar-refractivity contribution is 6.72. The largest absolute Gasteiger partial charge is 0.315 e. The Balaban J connectivity index is 0.000000245. The molecule has 0 saturated carbocycles. The fraction of sp³-hybridized carbons (Fsp3) is 1.00. The molecule has 0 aromatic heterocycles. The van der Waals surface area contributed by atoms with E-state index in [1.807, 2.05) is 0 Å². The van der Waals surface area contributed by atoms with E-state index in [-0.39, 0.29) is 0 Å². The Morgan fingerprint density at radius 1 is 0.667 bits per heavy atom. The van der Waals surface area contributed by atoms with Gasteiger partial charge in [-0.15, -0.1) is 0 Å². The lowest BCUT2D eigenvalue weighted by Crippen LogP contribution is -2.59. The van der Waals surface area contributed by atoms with E-state index in [0.717, 1.165) is 13.1 Å². The molecule has 0 amide bonds. The normalized spacial score (nSPS) is 20.8. The molecule has 0 unspecified atom stereocenters. The van der Waals surface area contributed by atoms with Crippen LogP contribution in [0.2, 0.25) is 26.2 Å². The van der Waals surface area contributed by atoms with Crippen LogP contribution < -0.4 is 0 Å². The van der Waals surface area contributed by atoms with Gasteiger partial charge in [-0.05, 0) is 105 Å². The molecule has 0 aromatic carbocycles. The molecule has 2 fully saturated rings. The minimum atomic E-state index is -1.24. The second-order valence-corrected chi connectivity index (χ2v) is 17.2. The molecule has 24 heavy (non-hydrogen) atoms. The maximum absolute atomic E-state index is 2.79. The van der Waals surface area contributed by atoms with Gasteiger partial charge >= 0.3 is 0 Å². The van der Waals surface area contributed by atoms with E-state index in [1.165, 1.54) is 51.9 Å². The van der Waals surface area contributed by atoms with Crippen molar-refractivity contribution in [2.24, 2.45) is 0 Å². The van der Waals surface area contributed by atoms with Crippen LogP contribution in [0.15, 0.2) is 0 Å². The summed E-state index contributed by atoms with van der Waals surface area (Å²) in [6, 6.07) is 0. The molecule has 0 radical (unpaired) electrons. The predicted molar refractivity (Wildman–Crippen MR) is 113 cm³/mol. The molecule has 2 aliphatic heterocycles. The average molecular weight is 373 g/mol. The highest BCUT2D eigenvalue weighted by atomic mass is 28.4. The zero-order valence-electron chi connectivity index (χ0n) is 17.9. The van der Waals surface area contributed by atoms with E-state index in [9.17, 15) is 0 Å². The molecule has 2 rings (SSSR count). The standard InChI is InChI=1S/C10H22N2Si.C8H22N2Si/c1-13(2,11-7-3-4-8-11)12-9-5-6-10-12;1-7-9(3)11(5,6)10(4)8-2/h3-10H2,1-2H3;7-8H2,1-6H3. The van der Waals surface area contributed by atoms with Crippen LogP contribution in [0.5, 0.6) is 0 Å². The molecule has 2 heterocycles. The SMILES string of the molecule is CCN(C)[Si](C)(C)N(C)CC.C[Si](C)(N1CCCC1)N1CCCC1. The van der Waals surface area contributed by atoms with Gasteiger partial charge in [-0.1, -0.05) is 13.8 Å². The summed E-state index contributed by atoms with van der Waals surface area (Å²) in [5, 5.41) is 0. The highest BCUT2D eigenvalue weighted by Gasteiger charge is 2.38. The zero-order valence-corrected chi connectivity index (χ0v) is 19.9. The van der Waals surface area contributed by atoms with Gasteiger partial charge in [0.1, 0.15) is 0 Å². The minimum absolute atomic E-state index is 1.16. The van der Waals surface area contributed by atoms with Crippen LogP contribution in [0.1, 0.15) is 39.5 Å². The van der Waals surface area contributed by atoms with E-state index >= 15 is 0 Å². The summed E-state index contributed by atoms with van der Waals surface area (Å²) >= 11 is 0. The smallest absolute Gasteiger partial charge is 0.200 e. The first-order chi connectivity index (χ1) is 11.2. The third-order valence-electron chi connectivity index (χ3n) is 6.58. The van der Waals surface area contributed by atoms with Gasteiger partial charge in [-0.3, -0.25) is 0 Å². The summed E-state index contributed by atoms with van der Waals surface area (Å²) in [6.45, 7) is 22.1. The number of hydrogen-bond donors (Lipinski definition) is 0.